The van der Waals surface area contributed by atoms with E-state index in [4.69, 9.17) is 0 Å². The summed E-state index contributed by atoms with van der Waals surface area (Å²) in [6.45, 7) is 1.53. The van der Waals surface area contributed by atoms with Gasteiger partial charge in [0.15, 0.2) is 0 Å². The zero-order valence-electron chi connectivity index (χ0n) is 12.2. The van der Waals surface area contributed by atoms with Crippen LogP contribution < -0.4 is 0 Å². The molecule has 1 fully saturated rings. The van der Waals surface area contributed by atoms with Crippen LogP contribution in [0.1, 0.15) is 17.0 Å². The summed E-state index contributed by atoms with van der Waals surface area (Å²) in [5, 5.41) is 9.48. The number of halogens is 1. The highest BCUT2D eigenvalue weighted by Gasteiger charge is 2.38. The molecule has 0 spiro atoms. The molecule has 1 aliphatic rings. The smallest absolute Gasteiger partial charge is 0.308 e. The summed E-state index contributed by atoms with van der Waals surface area (Å²) in [6, 6.07) is 16.4. The zero-order chi connectivity index (χ0) is 15.5. The maximum absolute atomic E-state index is 13.8. The van der Waals surface area contributed by atoms with Crippen LogP contribution in [0.4, 0.5) is 4.39 Å². The molecule has 3 rings (SSSR count). The topological polar surface area (TPSA) is 40.5 Å². The molecular weight excluding hydrogens is 281 g/mol. The average molecular weight is 299 g/mol. The van der Waals surface area contributed by atoms with E-state index in [-0.39, 0.29) is 11.7 Å². The van der Waals surface area contributed by atoms with Crippen LogP contribution in [0.3, 0.4) is 0 Å². The first-order valence-electron chi connectivity index (χ1n) is 7.38. The Morgan fingerprint density at radius 1 is 1.09 bits per heavy atom. The van der Waals surface area contributed by atoms with Crippen molar-refractivity contribution in [3.63, 3.8) is 0 Å². The van der Waals surface area contributed by atoms with Gasteiger partial charge < -0.3 is 5.11 Å². The number of hydrogen-bond donors (Lipinski definition) is 1. The minimum Gasteiger partial charge on any atom is -0.481 e. The van der Waals surface area contributed by atoms with E-state index in [1.807, 2.05) is 35.2 Å². The van der Waals surface area contributed by atoms with Crippen LogP contribution in [0, 0.1) is 11.7 Å². The maximum atomic E-state index is 13.8. The summed E-state index contributed by atoms with van der Waals surface area (Å²) >= 11 is 0. The molecule has 0 amide bonds. The summed E-state index contributed by atoms with van der Waals surface area (Å²) in [7, 11) is 0. The van der Waals surface area contributed by atoms with Crippen LogP contribution in [0.25, 0.3) is 0 Å². The molecule has 3 nitrogen and oxygen atoms in total. The normalized spacial score (nSPS) is 21.9. The van der Waals surface area contributed by atoms with Crippen LogP contribution in [0.5, 0.6) is 0 Å². The molecule has 2 aromatic carbocycles. The molecule has 0 radical (unpaired) electrons. The van der Waals surface area contributed by atoms with Gasteiger partial charge in [-0.05, 0) is 11.6 Å². The Bertz CT molecular complexity index is 659. The Kier molecular flexibility index (Phi) is 4.20. The van der Waals surface area contributed by atoms with Crippen molar-refractivity contribution in [2.75, 3.05) is 13.1 Å². The molecule has 22 heavy (non-hydrogen) atoms. The lowest BCUT2D eigenvalue weighted by Gasteiger charge is -2.16. The Labute approximate surface area is 129 Å². The SMILES string of the molecule is O=C(O)[C@@H]1CN(Cc2ccccc2F)C[C@@H]1c1ccccc1. The van der Waals surface area contributed by atoms with Crippen molar-refractivity contribution in [1.82, 2.24) is 4.90 Å². The predicted molar refractivity (Wildman–Crippen MR) is 82.0 cm³/mol. The second-order valence-corrected chi connectivity index (χ2v) is 5.75. The monoisotopic (exact) mass is 299 g/mol. The summed E-state index contributed by atoms with van der Waals surface area (Å²) < 4.78 is 13.8. The van der Waals surface area contributed by atoms with Crippen molar-refractivity contribution in [3.8, 4) is 0 Å². The van der Waals surface area contributed by atoms with E-state index in [2.05, 4.69) is 0 Å². The first kappa shape index (κ1) is 14.7. The van der Waals surface area contributed by atoms with Gasteiger partial charge in [0.25, 0.3) is 0 Å². The number of carboxylic acids is 1. The van der Waals surface area contributed by atoms with Gasteiger partial charge in [-0.3, -0.25) is 9.69 Å². The van der Waals surface area contributed by atoms with Crippen LogP contribution in [-0.2, 0) is 11.3 Å². The van der Waals surface area contributed by atoms with Crippen LogP contribution in [-0.4, -0.2) is 29.1 Å². The first-order chi connectivity index (χ1) is 10.6. The number of aliphatic carboxylic acids is 1. The lowest BCUT2D eigenvalue weighted by molar-refractivity contribution is -0.141. The largest absolute Gasteiger partial charge is 0.481 e. The van der Waals surface area contributed by atoms with Crippen LogP contribution in [0.2, 0.25) is 0 Å². The summed E-state index contributed by atoms with van der Waals surface area (Å²) in [5.41, 5.74) is 1.64. The Morgan fingerprint density at radius 3 is 2.45 bits per heavy atom. The molecule has 0 bridgehead atoms. The average Bonchev–Trinajstić information content (AvgIpc) is 2.95. The van der Waals surface area contributed by atoms with Gasteiger partial charge in [0.05, 0.1) is 5.92 Å². The van der Waals surface area contributed by atoms with E-state index in [0.29, 0.717) is 25.2 Å². The molecule has 2 atom stereocenters. The van der Waals surface area contributed by atoms with Crippen molar-refractivity contribution in [1.29, 1.82) is 0 Å². The maximum Gasteiger partial charge on any atom is 0.308 e. The molecule has 1 aliphatic heterocycles. The number of likely N-dealkylation sites (tertiary alicyclic amines) is 1. The summed E-state index contributed by atoms with van der Waals surface area (Å²) in [4.78, 5) is 13.6. The summed E-state index contributed by atoms with van der Waals surface area (Å²) in [6.07, 6.45) is 0. The van der Waals surface area contributed by atoms with E-state index in [9.17, 15) is 14.3 Å². The molecule has 0 saturated carbocycles. The number of carbonyl (C=O) groups is 1. The van der Waals surface area contributed by atoms with Crippen molar-refractivity contribution in [2.24, 2.45) is 5.92 Å². The van der Waals surface area contributed by atoms with E-state index in [0.717, 1.165) is 5.56 Å². The molecule has 0 aliphatic carbocycles. The highest BCUT2D eigenvalue weighted by Crippen LogP contribution is 2.33. The molecular formula is C18H18FNO2. The van der Waals surface area contributed by atoms with Crippen molar-refractivity contribution >= 4 is 5.97 Å². The van der Waals surface area contributed by atoms with E-state index in [1.165, 1.54) is 6.07 Å². The van der Waals surface area contributed by atoms with Gasteiger partial charge in [-0.2, -0.15) is 0 Å². The molecule has 0 unspecified atom stereocenters. The van der Waals surface area contributed by atoms with Gasteiger partial charge in [-0.15, -0.1) is 0 Å². The fraction of sp³-hybridized carbons (Fsp3) is 0.278. The number of hydrogen-bond acceptors (Lipinski definition) is 2. The Balaban J connectivity index is 1.79. The fourth-order valence-corrected chi connectivity index (χ4v) is 3.17. The third-order valence-electron chi connectivity index (χ3n) is 4.29. The standard InChI is InChI=1S/C18H18FNO2/c19-17-9-5-4-8-14(17)10-20-11-15(16(12-20)18(21)22)13-6-2-1-3-7-13/h1-9,15-16H,10-12H2,(H,21,22)/t15-,16-/m1/s1. The highest BCUT2D eigenvalue weighted by atomic mass is 19.1. The first-order valence-corrected chi connectivity index (χ1v) is 7.38. The van der Waals surface area contributed by atoms with Crippen molar-refractivity contribution < 1.29 is 14.3 Å². The van der Waals surface area contributed by atoms with Crippen LogP contribution >= 0.6 is 0 Å². The van der Waals surface area contributed by atoms with Crippen molar-refractivity contribution in [2.45, 2.75) is 12.5 Å². The lowest BCUT2D eigenvalue weighted by Crippen LogP contribution is -2.23. The lowest BCUT2D eigenvalue weighted by atomic mass is 9.89. The Hall–Kier alpha value is -2.20. The van der Waals surface area contributed by atoms with Crippen LogP contribution in [0.15, 0.2) is 54.6 Å². The Morgan fingerprint density at radius 2 is 1.77 bits per heavy atom. The van der Waals surface area contributed by atoms with Crippen molar-refractivity contribution in [3.05, 3.63) is 71.5 Å². The third-order valence-corrected chi connectivity index (χ3v) is 4.29. The fourth-order valence-electron chi connectivity index (χ4n) is 3.17. The third kappa shape index (κ3) is 3.02. The van der Waals surface area contributed by atoms with E-state index in [1.54, 1.807) is 18.2 Å². The van der Waals surface area contributed by atoms with E-state index >= 15 is 0 Å². The number of carboxylic acid groups (broad SMARTS) is 1. The molecule has 1 saturated heterocycles. The minimum atomic E-state index is -0.787. The second-order valence-electron chi connectivity index (χ2n) is 5.75. The van der Waals surface area contributed by atoms with E-state index < -0.39 is 11.9 Å². The van der Waals surface area contributed by atoms with Gasteiger partial charge >= 0.3 is 5.97 Å². The minimum absolute atomic E-state index is 0.0505. The molecule has 0 aromatic heterocycles. The second kappa shape index (κ2) is 6.28. The predicted octanol–water partition coefficient (Wildman–Crippen LogP) is 3.13. The van der Waals surface area contributed by atoms with Gasteiger partial charge in [-0.1, -0.05) is 48.5 Å². The van der Waals surface area contributed by atoms with Gasteiger partial charge in [0.1, 0.15) is 5.82 Å². The van der Waals surface area contributed by atoms with Gasteiger partial charge in [0, 0.05) is 31.1 Å². The number of nitrogens with zero attached hydrogens (tertiary/aromatic N) is 1. The quantitative estimate of drug-likeness (QED) is 0.943. The number of benzene rings is 2. The summed E-state index contributed by atoms with van der Waals surface area (Å²) in [5.74, 6) is -1.53. The highest BCUT2D eigenvalue weighted by molar-refractivity contribution is 5.72. The molecule has 114 valence electrons. The molecule has 1 N–H and O–H groups in total. The van der Waals surface area contributed by atoms with Gasteiger partial charge in [-0.25, -0.2) is 4.39 Å². The molecule has 2 aromatic rings. The zero-order valence-corrected chi connectivity index (χ0v) is 12.2. The molecule has 4 heteroatoms. The van der Waals surface area contributed by atoms with Gasteiger partial charge in [0.2, 0.25) is 0 Å². The molecule has 1 heterocycles. The number of rotatable bonds is 4.